The molecular formula is C30H26ClNO6S. The van der Waals surface area contributed by atoms with Gasteiger partial charge in [0.25, 0.3) is 10.1 Å². The molecule has 1 saturated heterocycles. The molecule has 7 nitrogen and oxygen atoms in total. The minimum atomic E-state index is -4.31. The number of para-hydroxylation sites is 1. The highest BCUT2D eigenvalue weighted by atomic mass is 35.5. The van der Waals surface area contributed by atoms with Crippen LogP contribution in [0.4, 0.5) is 5.69 Å². The van der Waals surface area contributed by atoms with E-state index in [4.69, 9.17) is 11.6 Å². The second-order valence-electron chi connectivity index (χ2n) is 9.51. The number of benzene rings is 4. The number of nitrogens with zero attached hydrogens (tertiary/aromatic N) is 1. The van der Waals surface area contributed by atoms with Crippen molar-refractivity contribution >= 4 is 33.3 Å². The topological polar surface area (TPSA) is 115 Å². The second kappa shape index (κ2) is 10.8. The Morgan fingerprint density at radius 2 is 1.51 bits per heavy atom. The Balaban J connectivity index is 1.42. The molecule has 3 unspecified atom stereocenters. The van der Waals surface area contributed by atoms with E-state index in [1.54, 1.807) is 59.5 Å². The molecule has 0 spiro atoms. The Labute approximate surface area is 231 Å². The summed E-state index contributed by atoms with van der Waals surface area (Å²) in [5, 5.41) is 22.4. The number of amides is 1. The number of hydrogen-bond donors (Lipinski definition) is 3. The number of phenols is 1. The molecule has 1 amide bonds. The van der Waals surface area contributed by atoms with Gasteiger partial charge in [-0.05, 0) is 72.0 Å². The Bertz CT molecular complexity index is 1590. The molecule has 1 aliphatic heterocycles. The van der Waals surface area contributed by atoms with E-state index in [0.717, 1.165) is 5.56 Å². The molecule has 39 heavy (non-hydrogen) atoms. The average molecular weight is 564 g/mol. The van der Waals surface area contributed by atoms with Crippen LogP contribution in [0, 0.1) is 5.92 Å². The Morgan fingerprint density at radius 3 is 2.13 bits per heavy atom. The number of aromatic hydroxyl groups is 1. The van der Waals surface area contributed by atoms with Gasteiger partial charge in [-0.3, -0.25) is 9.35 Å². The van der Waals surface area contributed by atoms with Crippen molar-refractivity contribution in [3.63, 3.8) is 0 Å². The lowest BCUT2D eigenvalue weighted by atomic mass is 9.77. The summed E-state index contributed by atoms with van der Waals surface area (Å²) in [4.78, 5) is 14.8. The highest BCUT2D eigenvalue weighted by molar-refractivity contribution is 7.85. The highest BCUT2D eigenvalue weighted by Crippen LogP contribution is 2.49. The SMILES string of the molecule is O=C1C(CCC(O)c2ccc(Cl)cc2)C(c2ccc(-c3ccc(S(=O)(=O)O)cc3)cc2O)N1c1ccccc1. The summed E-state index contributed by atoms with van der Waals surface area (Å²) in [7, 11) is -4.31. The fraction of sp³-hybridized carbons (Fsp3) is 0.167. The zero-order valence-electron chi connectivity index (χ0n) is 20.7. The first-order valence-electron chi connectivity index (χ1n) is 12.4. The zero-order valence-corrected chi connectivity index (χ0v) is 22.3. The van der Waals surface area contributed by atoms with Crippen molar-refractivity contribution in [3.05, 3.63) is 113 Å². The lowest BCUT2D eigenvalue weighted by Gasteiger charge is -2.48. The van der Waals surface area contributed by atoms with Crippen LogP contribution in [0.1, 0.15) is 36.1 Å². The summed E-state index contributed by atoms with van der Waals surface area (Å²) >= 11 is 5.96. The third kappa shape index (κ3) is 5.55. The molecule has 0 bridgehead atoms. The number of halogens is 1. The first-order chi connectivity index (χ1) is 18.6. The molecule has 3 atom stereocenters. The second-order valence-corrected chi connectivity index (χ2v) is 11.4. The van der Waals surface area contributed by atoms with Crippen LogP contribution < -0.4 is 4.90 Å². The van der Waals surface area contributed by atoms with Crippen LogP contribution in [0.25, 0.3) is 11.1 Å². The Hall–Kier alpha value is -3.69. The van der Waals surface area contributed by atoms with Crippen molar-refractivity contribution in [1.82, 2.24) is 0 Å². The van der Waals surface area contributed by atoms with Crippen molar-refractivity contribution in [2.24, 2.45) is 5.92 Å². The van der Waals surface area contributed by atoms with Gasteiger partial charge in [-0.15, -0.1) is 0 Å². The molecular weight excluding hydrogens is 538 g/mol. The summed E-state index contributed by atoms with van der Waals surface area (Å²) in [6, 6.07) is 26.5. The quantitative estimate of drug-likeness (QED) is 0.174. The maximum Gasteiger partial charge on any atom is 0.294 e. The van der Waals surface area contributed by atoms with Gasteiger partial charge in [0.1, 0.15) is 5.75 Å². The molecule has 4 aromatic rings. The molecule has 0 aliphatic carbocycles. The predicted octanol–water partition coefficient (Wildman–Crippen LogP) is 6.18. The van der Waals surface area contributed by atoms with Crippen molar-refractivity contribution < 1.29 is 28.0 Å². The Morgan fingerprint density at radius 1 is 0.872 bits per heavy atom. The minimum Gasteiger partial charge on any atom is -0.508 e. The first kappa shape index (κ1) is 26.9. The number of aliphatic hydroxyl groups excluding tert-OH is 1. The molecule has 5 rings (SSSR count). The highest BCUT2D eigenvalue weighted by Gasteiger charge is 2.49. The monoisotopic (exact) mass is 563 g/mol. The van der Waals surface area contributed by atoms with E-state index >= 15 is 0 Å². The average Bonchev–Trinajstić information content (AvgIpc) is 2.92. The summed E-state index contributed by atoms with van der Waals surface area (Å²) in [5.74, 6) is -0.537. The van der Waals surface area contributed by atoms with Crippen LogP contribution in [0.5, 0.6) is 5.75 Å². The number of hydrogen-bond acceptors (Lipinski definition) is 5. The van der Waals surface area contributed by atoms with Gasteiger partial charge in [0.2, 0.25) is 5.91 Å². The van der Waals surface area contributed by atoms with Crippen LogP contribution in [-0.2, 0) is 14.9 Å². The maximum absolute atomic E-state index is 13.3. The molecule has 0 radical (unpaired) electrons. The van der Waals surface area contributed by atoms with Crippen LogP contribution in [0.3, 0.4) is 0 Å². The number of aliphatic hydroxyl groups is 1. The van der Waals surface area contributed by atoms with Gasteiger partial charge < -0.3 is 15.1 Å². The van der Waals surface area contributed by atoms with E-state index in [-0.39, 0.29) is 16.6 Å². The van der Waals surface area contributed by atoms with Gasteiger partial charge in [0.05, 0.1) is 23.0 Å². The molecule has 0 saturated carbocycles. The first-order valence-corrected chi connectivity index (χ1v) is 14.2. The molecule has 200 valence electrons. The third-order valence-electron chi connectivity index (χ3n) is 7.09. The third-order valence-corrected chi connectivity index (χ3v) is 8.21. The lowest BCUT2D eigenvalue weighted by Crippen LogP contribution is -2.55. The summed E-state index contributed by atoms with van der Waals surface area (Å²) in [6.45, 7) is 0. The van der Waals surface area contributed by atoms with Gasteiger partial charge >= 0.3 is 0 Å². The molecule has 0 aromatic heterocycles. The maximum atomic E-state index is 13.3. The molecule has 1 heterocycles. The standard InChI is InChI=1S/C30H26ClNO6S/c31-22-11-6-20(7-12-22)27(33)17-16-26-29(32(30(26)35)23-4-2-1-3-5-23)25-15-10-21(18-28(25)34)19-8-13-24(14-9-19)39(36,37)38/h1-15,18,26-27,29,33-34H,16-17H2,(H,36,37,38). The Kier molecular flexibility index (Phi) is 7.46. The van der Waals surface area contributed by atoms with Crippen LogP contribution in [-0.4, -0.2) is 29.1 Å². The molecule has 9 heteroatoms. The number of carbonyl (C=O) groups is 1. The van der Waals surface area contributed by atoms with E-state index in [2.05, 4.69) is 0 Å². The van der Waals surface area contributed by atoms with Crippen LogP contribution >= 0.6 is 11.6 Å². The van der Waals surface area contributed by atoms with E-state index in [1.807, 2.05) is 30.3 Å². The van der Waals surface area contributed by atoms with Gasteiger partial charge in [-0.2, -0.15) is 8.42 Å². The van der Waals surface area contributed by atoms with Gasteiger partial charge in [0, 0.05) is 16.3 Å². The molecule has 3 N–H and O–H groups in total. The molecule has 4 aromatic carbocycles. The fourth-order valence-corrected chi connectivity index (χ4v) is 5.65. The zero-order chi connectivity index (χ0) is 27.7. The normalized spacial score (nSPS) is 18.0. The number of carbonyl (C=O) groups excluding carboxylic acids is 1. The van der Waals surface area contributed by atoms with Crippen LogP contribution in [0.2, 0.25) is 5.02 Å². The minimum absolute atomic E-state index is 0.00645. The van der Waals surface area contributed by atoms with E-state index in [1.165, 1.54) is 12.1 Å². The lowest BCUT2D eigenvalue weighted by molar-refractivity contribution is -0.131. The summed E-state index contributed by atoms with van der Waals surface area (Å²) < 4.78 is 31.9. The van der Waals surface area contributed by atoms with Crippen LogP contribution in [0.15, 0.2) is 102 Å². The van der Waals surface area contributed by atoms with E-state index < -0.39 is 28.2 Å². The van der Waals surface area contributed by atoms with Gasteiger partial charge in [-0.25, -0.2) is 0 Å². The van der Waals surface area contributed by atoms with Crippen molar-refractivity contribution in [3.8, 4) is 16.9 Å². The fourth-order valence-electron chi connectivity index (χ4n) is 5.04. The van der Waals surface area contributed by atoms with Crippen molar-refractivity contribution in [1.29, 1.82) is 0 Å². The van der Waals surface area contributed by atoms with Gasteiger partial charge in [-0.1, -0.05) is 66.2 Å². The predicted molar refractivity (Wildman–Crippen MR) is 149 cm³/mol. The van der Waals surface area contributed by atoms with Gasteiger partial charge in [0.15, 0.2) is 0 Å². The molecule has 1 aliphatic rings. The number of anilines is 1. The number of phenolic OH excluding ortho intramolecular Hbond substituents is 1. The smallest absolute Gasteiger partial charge is 0.294 e. The summed E-state index contributed by atoms with van der Waals surface area (Å²) in [5.41, 5.74) is 3.30. The van der Waals surface area contributed by atoms with E-state index in [9.17, 15) is 28.0 Å². The van der Waals surface area contributed by atoms with Crippen molar-refractivity contribution in [2.75, 3.05) is 4.90 Å². The van der Waals surface area contributed by atoms with E-state index in [0.29, 0.717) is 40.2 Å². The number of rotatable bonds is 8. The summed E-state index contributed by atoms with van der Waals surface area (Å²) in [6.07, 6.45) is 0.00794. The number of β-lactam (4-membered cyclic amide) rings is 1. The largest absolute Gasteiger partial charge is 0.508 e. The van der Waals surface area contributed by atoms with Crippen molar-refractivity contribution in [2.45, 2.75) is 29.9 Å². The molecule has 1 fully saturated rings.